The Kier molecular flexibility index (Phi) is 5.67. The summed E-state index contributed by atoms with van der Waals surface area (Å²) in [5, 5.41) is 0.925. The highest BCUT2D eigenvalue weighted by molar-refractivity contribution is 8.00. The number of primary amides is 1. The molecule has 3 nitrogen and oxygen atoms in total. The largest absolute Gasteiger partial charge is 0.368 e. The van der Waals surface area contributed by atoms with Gasteiger partial charge in [-0.05, 0) is 19.3 Å². The van der Waals surface area contributed by atoms with Gasteiger partial charge in [-0.3, -0.25) is 4.79 Å². The van der Waals surface area contributed by atoms with Crippen molar-refractivity contribution >= 4 is 17.7 Å². The van der Waals surface area contributed by atoms with E-state index in [-0.39, 0.29) is 0 Å². The Labute approximate surface area is 97.4 Å². The van der Waals surface area contributed by atoms with Gasteiger partial charge in [0.2, 0.25) is 5.91 Å². The number of carbonyl (C=O) groups excluding carboxylic acids is 1. The van der Waals surface area contributed by atoms with Crippen molar-refractivity contribution in [3.63, 3.8) is 0 Å². The summed E-state index contributed by atoms with van der Waals surface area (Å²) in [6.45, 7) is 10.4. The van der Waals surface area contributed by atoms with Crippen molar-refractivity contribution in [2.45, 2.75) is 57.1 Å². The Morgan fingerprint density at radius 3 is 2.13 bits per heavy atom. The molecule has 0 fully saturated rings. The van der Waals surface area contributed by atoms with E-state index in [1.807, 2.05) is 11.8 Å². The predicted octanol–water partition coefficient (Wildman–Crippen LogP) is 1.75. The minimum atomic E-state index is -0.886. The van der Waals surface area contributed by atoms with Crippen molar-refractivity contribution in [3.05, 3.63) is 0 Å². The minimum Gasteiger partial charge on any atom is -0.368 e. The van der Waals surface area contributed by atoms with Crippen LogP contribution in [0.25, 0.3) is 0 Å². The lowest BCUT2D eigenvalue weighted by molar-refractivity contribution is -0.122. The first-order chi connectivity index (χ1) is 6.66. The van der Waals surface area contributed by atoms with Gasteiger partial charge in [-0.15, -0.1) is 0 Å². The third-order valence-corrected chi connectivity index (χ3v) is 4.27. The van der Waals surface area contributed by atoms with Crippen molar-refractivity contribution in [3.8, 4) is 0 Å². The highest BCUT2D eigenvalue weighted by Gasteiger charge is 2.28. The average molecular weight is 232 g/mol. The Balaban J connectivity index is 4.14. The van der Waals surface area contributed by atoms with E-state index in [0.29, 0.717) is 22.8 Å². The number of hydrogen-bond donors (Lipinski definition) is 2. The molecule has 0 aromatic heterocycles. The maximum Gasteiger partial charge on any atom is 0.237 e. The average Bonchev–Trinajstić information content (AvgIpc) is 2.01. The standard InChI is InChI=1S/C11H24N2OS/c1-7(2)9(4)15-8(3)6-11(5,13)10(12)14/h7-9H,6,13H2,1-5H3,(H2,12,14). The van der Waals surface area contributed by atoms with E-state index in [2.05, 4.69) is 27.7 Å². The van der Waals surface area contributed by atoms with Crippen LogP contribution in [0.2, 0.25) is 0 Å². The first-order valence-corrected chi connectivity index (χ1v) is 6.35. The molecule has 0 aromatic rings. The molecule has 0 aliphatic carbocycles. The summed E-state index contributed by atoms with van der Waals surface area (Å²) in [5.41, 5.74) is 10.2. The maximum atomic E-state index is 11.1. The molecule has 4 N–H and O–H groups in total. The van der Waals surface area contributed by atoms with Gasteiger partial charge in [0.25, 0.3) is 0 Å². The molecule has 0 heterocycles. The summed E-state index contributed by atoms with van der Waals surface area (Å²) in [6, 6.07) is 0. The summed E-state index contributed by atoms with van der Waals surface area (Å²) in [4.78, 5) is 11.1. The molecule has 15 heavy (non-hydrogen) atoms. The third-order valence-electron chi connectivity index (χ3n) is 2.66. The summed E-state index contributed by atoms with van der Waals surface area (Å²) in [7, 11) is 0. The zero-order valence-electron chi connectivity index (χ0n) is 10.4. The summed E-state index contributed by atoms with van der Waals surface area (Å²) >= 11 is 1.86. The van der Waals surface area contributed by atoms with Crippen LogP contribution in [-0.2, 0) is 4.79 Å². The SMILES string of the molecule is CC(CC(C)(N)C(N)=O)SC(C)C(C)C. The molecule has 3 atom stereocenters. The van der Waals surface area contributed by atoms with Gasteiger partial charge < -0.3 is 11.5 Å². The summed E-state index contributed by atoms with van der Waals surface area (Å²) < 4.78 is 0. The van der Waals surface area contributed by atoms with E-state index >= 15 is 0 Å². The highest BCUT2D eigenvalue weighted by atomic mass is 32.2. The van der Waals surface area contributed by atoms with E-state index in [0.717, 1.165) is 0 Å². The van der Waals surface area contributed by atoms with E-state index < -0.39 is 11.4 Å². The molecule has 0 saturated carbocycles. The van der Waals surface area contributed by atoms with Crippen LogP contribution < -0.4 is 11.5 Å². The molecule has 0 aromatic carbocycles. The van der Waals surface area contributed by atoms with Crippen LogP contribution >= 0.6 is 11.8 Å². The zero-order chi connectivity index (χ0) is 12.2. The van der Waals surface area contributed by atoms with Crippen LogP contribution in [0.4, 0.5) is 0 Å². The first kappa shape index (κ1) is 14.8. The number of rotatable bonds is 6. The molecule has 0 radical (unpaired) electrons. The number of nitrogens with two attached hydrogens (primary N) is 2. The molecule has 0 saturated heterocycles. The van der Waals surface area contributed by atoms with E-state index in [9.17, 15) is 4.79 Å². The van der Waals surface area contributed by atoms with Gasteiger partial charge in [0, 0.05) is 10.5 Å². The van der Waals surface area contributed by atoms with Crippen molar-refractivity contribution in [2.75, 3.05) is 0 Å². The molecule has 0 aliphatic rings. The fourth-order valence-corrected chi connectivity index (χ4v) is 2.76. The molecule has 0 bridgehead atoms. The van der Waals surface area contributed by atoms with E-state index in [1.165, 1.54) is 0 Å². The van der Waals surface area contributed by atoms with Crippen molar-refractivity contribution < 1.29 is 4.79 Å². The smallest absolute Gasteiger partial charge is 0.237 e. The molecule has 3 unspecified atom stereocenters. The Hall–Kier alpha value is -0.220. The molecule has 1 amide bonds. The van der Waals surface area contributed by atoms with Gasteiger partial charge in [-0.1, -0.05) is 27.7 Å². The molecular weight excluding hydrogens is 208 g/mol. The molecule has 0 spiro atoms. The predicted molar refractivity (Wildman–Crippen MR) is 67.8 cm³/mol. The van der Waals surface area contributed by atoms with Gasteiger partial charge in [-0.2, -0.15) is 11.8 Å². The van der Waals surface area contributed by atoms with Gasteiger partial charge in [0.05, 0.1) is 5.54 Å². The van der Waals surface area contributed by atoms with Gasteiger partial charge in [0.15, 0.2) is 0 Å². The molecular formula is C11H24N2OS. The van der Waals surface area contributed by atoms with E-state index in [4.69, 9.17) is 11.5 Å². The second kappa shape index (κ2) is 5.75. The fourth-order valence-electron chi connectivity index (χ4n) is 1.27. The Morgan fingerprint density at radius 2 is 1.80 bits per heavy atom. The summed E-state index contributed by atoms with van der Waals surface area (Å²) in [6.07, 6.45) is 0.629. The van der Waals surface area contributed by atoms with Crippen molar-refractivity contribution in [1.82, 2.24) is 0 Å². The maximum absolute atomic E-state index is 11.1. The molecule has 0 aliphatic heterocycles. The van der Waals surface area contributed by atoms with Crippen LogP contribution in [0, 0.1) is 5.92 Å². The zero-order valence-corrected chi connectivity index (χ0v) is 11.2. The molecule has 90 valence electrons. The van der Waals surface area contributed by atoms with Gasteiger partial charge in [-0.25, -0.2) is 0 Å². The van der Waals surface area contributed by atoms with Crippen LogP contribution in [0.5, 0.6) is 0 Å². The van der Waals surface area contributed by atoms with Crippen molar-refractivity contribution in [2.24, 2.45) is 17.4 Å². The number of carbonyl (C=O) groups is 1. The second-order valence-electron chi connectivity index (χ2n) is 4.88. The Bertz CT molecular complexity index is 217. The lowest BCUT2D eigenvalue weighted by Crippen LogP contribution is -2.50. The van der Waals surface area contributed by atoms with Crippen molar-refractivity contribution in [1.29, 1.82) is 0 Å². The normalized spacial score (nSPS) is 19.7. The number of amides is 1. The van der Waals surface area contributed by atoms with Crippen LogP contribution in [-0.4, -0.2) is 21.9 Å². The fraction of sp³-hybridized carbons (Fsp3) is 0.909. The minimum absolute atomic E-state index is 0.352. The monoisotopic (exact) mass is 232 g/mol. The lowest BCUT2D eigenvalue weighted by atomic mass is 9.97. The van der Waals surface area contributed by atoms with Crippen LogP contribution in [0.3, 0.4) is 0 Å². The summed E-state index contributed by atoms with van der Waals surface area (Å²) in [5.74, 6) is 0.210. The number of hydrogen-bond acceptors (Lipinski definition) is 3. The van der Waals surface area contributed by atoms with Gasteiger partial charge >= 0.3 is 0 Å². The molecule has 0 rings (SSSR count). The second-order valence-corrected chi connectivity index (χ2v) is 6.70. The van der Waals surface area contributed by atoms with E-state index in [1.54, 1.807) is 6.92 Å². The third kappa shape index (κ3) is 5.42. The number of thioether (sulfide) groups is 1. The van der Waals surface area contributed by atoms with Gasteiger partial charge in [0.1, 0.15) is 0 Å². The lowest BCUT2D eigenvalue weighted by Gasteiger charge is -2.27. The topological polar surface area (TPSA) is 69.1 Å². The first-order valence-electron chi connectivity index (χ1n) is 5.41. The Morgan fingerprint density at radius 1 is 1.33 bits per heavy atom. The molecule has 4 heteroatoms. The highest BCUT2D eigenvalue weighted by Crippen LogP contribution is 2.27. The van der Waals surface area contributed by atoms with Crippen LogP contribution in [0.15, 0.2) is 0 Å². The quantitative estimate of drug-likeness (QED) is 0.733. The van der Waals surface area contributed by atoms with Crippen LogP contribution in [0.1, 0.15) is 41.0 Å².